The first kappa shape index (κ1) is 17.1. The van der Waals surface area contributed by atoms with Crippen LogP contribution in [0.3, 0.4) is 0 Å². The molecule has 1 aliphatic heterocycles. The Morgan fingerprint density at radius 1 is 1.28 bits per heavy atom. The number of carbonyl (C=O) groups is 2. The van der Waals surface area contributed by atoms with Gasteiger partial charge in [0.1, 0.15) is 17.6 Å². The maximum absolute atomic E-state index is 15.0. The number of ether oxygens (including phenoxy) is 2. The predicted molar refractivity (Wildman–Crippen MR) is 83.5 cm³/mol. The number of nitrogens with one attached hydrogen (secondary N) is 3. The maximum Gasteiger partial charge on any atom is 0.303 e. The van der Waals surface area contributed by atoms with E-state index in [2.05, 4.69) is 20.3 Å². The topological polar surface area (TPSA) is 126 Å². The molecule has 0 aliphatic carbocycles. The number of hydrogen-bond donors (Lipinski definition) is 3. The monoisotopic (exact) mass is 352 g/mol. The molecular weight excluding hydrogens is 335 g/mol. The van der Waals surface area contributed by atoms with Crippen LogP contribution in [0.15, 0.2) is 17.3 Å². The number of fused-ring (bicyclic) bond motifs is 1. The molecule has 1 saturated heterocycles. The summed E-state index contributed by atoms with van der Waals surface area (Å²) in [6.07, 6.45) is -0.0290. The maximum atomic E-state index is 15.0. The summed E-state index contributed by atoms with van der Waals surface area (Å²) in [5.41, 5.74) is 0.589. The highest BCUT2D eigenvalue weighted by molar-refractivity contribution is 5.78. The number of halogens is 1. The summed E-state index contributed by atoms with van der Waals surface area (Å²) in [5.74, 6) is -1.17. The van der Waals surface area contributed by atoms with Crippen molar-refractivity contribution in [2.45, 2.75) is 38.2 Å². The number of carbonyl (C=O) groups excluding carboxylic acids is 2. The lowest BCUT2D eigenvalue weighted by Crippen LogP contribution is -2.39. The Bertz CT molecular complexity index is 863. The molecule has 3 N–H and O–H groups in total. The van der Waals surface area contributed by atoms with E-state index in [1.807, 2.05) is 0 Å². The summed E-state index contributed by atoms with van der Waals surface area (Å²) in [4.78, 5) is 43.4. The molecule has 25 heavy (non-hydrogen) atoms. The molecule has 1 aliphatic rings. The fourth-order valence-corrected chi connectivity index (χ4v) is 2.99. The third-order valence-electron chi connectivity index (χ3n) is 4.02. The minimum atomic E-state index is -1.61. The molecular formula is C15H17FN4O5. The summed E-state index contributed by atoms with van der Waals surface area (Å²) in [6, 6.07) is -1.60. The number of nitrogens with zero attached hydrogens (tertiary/aromatic N) is 1. The molecule has 0 amide bonds. The zero-order valence-corrected chi connectivity index (χ0v) is 13.5. The zero-order valence-electron chi connectivity index (χ0n) is 13.5. The van der Waals surface area contributed by atoms with Crippen LogP contribution < -0.4 is 10.9 Å². The normalized spacial score (nSPS) is 25.9. The van der Waals surface area contributed by atoms with Crippen LogP contribution in [0.25, 0.3) is 11.0 Å². The van der Waals surface area contributed by atoms with Crippen LogP contribution in [0.1, 0.15) is 25.5 Å². The highest BCUT2D eigenvalue weighted by Gasteiger charge is 2.47. The largest absolute Gasteiger partial charge is 0.464 e. The Labute approximate surface area is 140 Å². The van der Waals surface area contributed by atoms with Gasteiger partial charge in [-0.2, -0.15) is 0 Å². The fraction of sp³-hybridized carbons (Fsp3) is 0.467. The average Bonchev–Trinajstić information content (AvgIpc) is 3.09. The highest BCUT2D eigenvalue weighted by Crippen LogP contribution is 2.34. The van der Waals surface area contributed by atoms with E-state index in [0.717, 1.165) is 0 Å². The molecule has 4 unspecified atom stereocenters. The van der Waals surface area contributed by atoms with Crippen molar-refractivity contribution >= 4 is 23.0 Å². The number of rotatable bonds is 4. The Morgan fingerprint density at radius 3 is 2.72 bits per heavy atom. The van der Waals surface area contributed by atoms with Crippen LogP contribution in [0.4, 0.5) is 4.39 Å². The zero-order chi connectivity index (χ0) is 18.1. The SMILES string of the molecule is CC(=O)OCC1NC(c2c[nH]c3c(=O)[nH]cnc23)C(F)C1OC(C)=O. The van der Waals surface area contributed by atoms with Crippen molar-refractivity contribution in [1.82, 2.24) is 20.3 Å². The van der Waals surface area contributed by atoms with E-state index in [1.165, 1.54) is 26.4 Å². The first-order valence-electron chi connectivity index (χ1n) is 7.64. The molecule has 10 heteroatoms. The summed E-state index contributed by atoms with van der Waals surface area (Å²) < 4.78 is 25.0. The first-order chi connectivity index (χ1) is 11.9. The van der Waals surface area contributed by atoms with Crippen LogP contribution in [-0.2, 0) is 19.1 Å². The van der Waals surface area contributed by atoms with Gasteiger partial charge in [-0.1, -0.05) is 0 Å². The van der Waals surface area contributed by atoms with E-state index in [4.69, 9.17) is 9.47 Å². The summed E-state index contributed by atoms with van der Waals surface area (Å²) in [6.45, 7) is 2.26. The van der Waals surface area contributed by atoms with Gasteiger partial charge in [-0.3, -0.25) is 19.7 Å². The van der Waals surface area contributed by atoms with Crippen LogP contribution in [-0.4, -0.2) is 51.8 Å². The van der Waals surface area contributed by atoms with Gasteiger partial charge in [0.15, 0.2) is 12.3 Å². The number of hydrogen-bond acceptors (Lipinski definition) is 7. The Morgan fingerprint density at radius 2 is 2.04 bits per heavy atom. The number of esters is 2. The molecule has 3 rings (SSSR count). The number of aromatic nitrogens is 3. The van der Waals surface area contributed by atoms with Gasteiger partial charge in [0, 0.05) is 25.6 Å². The summed E-state index contributed by atoms with van der Waals surface area (Å²) >= 11 is 0. The van der Waals surface area contributed by atoms with E-state index in [9.17, 15) is 18.8 Å². The molecule has 0 radical (unpaired) electrons. The van der Waals surface area contributed by atoms with E-state index < -0.39 is 36.3 Å². The molecule has 3 heterocycles. The summed E-state index contributed by atoms with van der Waals surface area (Å²) in [7, 11) is 0. The Kier molecular flexibility index (Phi) is 4.53. The Balaban J connectivity index is 1.92. The lowest BCUT2D eigenvalue weighted by Gasteiger charge is -2.19. The van der Waals surface area contributed by atoms with Crippen LogP contribution >= 0.6 is 0 Å². The average molecular weight is 352 g/mol. The smallest absolute Gasteiger partial charge is 0.303 e. The lowest BCUT2D eigenvalue weighted by molar-refractivity contribution is -0.151. The van der Waals surface area contributed by atoms with Gasteiger partial charge >= 0.3 is 11.9 Å². The van der Waals surface area contributed by atoms with Gasteiger partial charge in [-0.25, -0.2) is 9.37 Å². The van der Waals surface area contributed by atoms with Crippen LogP contribution in [0.2, 0.25) is 0 Å². The standard InChI is InChI=1S/C15H17FN4O5/c1-6(21)24-4-9-14(25-7(2)22)10(16)11(20-9)8-3-17-13-12(8)18-5-19-15(13)23/h3,5,9-11,14,17,20H,4H2,1-2H3,(H,18,19,23). The van der Waals surface area contributed by atoms with Crippen molar-refractivity contribution in [2.24, 2.45) is 0 Å². The second kappa shape index (κ2) is 6.63. The number of H-pyrrole nitrogens is 2. The Hall–Kier alpha value is -2.75. The fourth-order valence-electron chi connectivity index (χ4n) is 2.99. The second-order valence-corrected chi connectivity index (χ2v) is 5.77. The molecule has 0 bridgehead atoms. The van der Waals surface area contributed by atoms with E-state index >= 15 is 0 Å². The van der Waals surface area contributed by atoms with E-state index in [1.54, 1.807) is 0 Å². The predicted octanol–water partition coefficient (Wildman–Crippen LogP) is 0.0970. The number of aromatic amines is 2. The van der Waals surface area contributed by atoms with Crippen molar-refractivity contribution < 1.29 is 23.5 Å². The lowest BCUT2D eigenvalue weighted by atomic mass is 10.0. The van der Waals surface area contributed by atoms with Crippen molar-refractivity contribution in [1.29, 1.82) is 0 Å². The van der Waals surface area contributed by atoms with Gasteiger partial charge < -0.3 is 19.4 Å². The molecule has 0 spiro atoms. The van der Waals surface area contributed by atoms with Gasteiger partial charge in [-0.15, -0.1) is 0 Å². The molecule has 9 nitrogen and oxygen atoms in total. The van der Waals surface area contributed by atoms with Gasteiger partial charge in [-0.05, 0) is 0 Å². The van der Waals surface area contributed by atoms with Gasteiger partial charge in [0.2, 0.25) is 0 Å². The molecule has 4 atom stereocenters. The van der Waals surface area contributed by atoms with Gasteiger partial charge in [0.05, 0.1) is 18.4 Å². The molecule has 1 fully saturated rings. The van der Waals surface area contributed by atoms with E-state index in [0.29, 0.717) is 11.1 Å². The molecule has 2 aromatic heterocycles. The highest BCUT2D eigenvalue weighted by atomic mass is 19.1. The second-order valence-electron chi connectivity index (χ2n) is 5.77. The van der Waals surface area contributed by atoms with Gasteiger partial charge in [0.25, 0.3) is 5.56 Å². The molecule has 2 aromatic rings. The van der Waals surface area contributed by atoms with Crippen molar-refractivity contribution in [3.05, 3.63) is 28.4 Å². The third kappa shape index (κ3) is 3.25. The molecule has 134 valence electrons. The van der Waals surface area contributed by atoms with Crippen molar-refractivity contribution in [2.75, 3.05) is 6.61 Å². The van der Waals surface area contributed by atoms with Crippen LogP contribution in [0, 0.1) is 0 Å². The minimum absolute atomic E-state index is 0.152. The molecule has 0 aromatic carbocycles. The van der Waals surface area contributed by atoms with Crippen molar-refractivity contribution in [3.8, 4) is 0 Å². The van der Waals surface area contributed by atoms with Crippen LogP contribution in [0.5, 0.6) is 0 Å². The molecule has 0 saturated carbocycles. The number of alkyl halides is 1. The van der Waals surface area contributed by atoms with E-state index in [-0.39, 0.29) is 17.7 Å². The van der Waals surface area contributed by atoms with Crippen molar-refractivity contribution in [3.63, 3.8) is 0 Å². The summed E-state index contributed by atoms with van der Waals surface area (Å²) in [5, 5.41) is 2.96. The first-order valence-corrected chi connectivity index (χ1v) is 7.64. The quantitative estimate of drug-likeness (QED) is 0.666. The minimum Gasteiger partial charge on any atom is -0.464 e. The third-order valence-corrected chi connectivity index (χ3v) is 4.02.